The highest BCUT2D eigenvalue weighted by Crippen LogP contribution is 2.26. The summed E-state index contributed by atoms with van der Waals surface area (Å²) in [5, 5.41) is 40.6. The minimum atomic E-state index is -0.570. The number of hydrogen-bond donors (Lipinski definition) is 5. The molecule has 0 fully saturated rings. The van der Waals surface area contributed by atoms with Gasteiger partial charge in [0, 0.05) is 12.5 Å². The first-order valence-corrected chi connectivity index (χ1v) is 8.95. The summed E-state index contributed by atoms with van der Waals surface area (Å²) in [6.07, 6.45) is 3.15. The molecular formula is C21H23NO7. The van der Waals surface area contributed by atoms with Gasteiger partial charge in [-0.1, -0.05) is 19.1 Å². The van der Waals surface area contributed by atoms with E-state index >= 15 is 0 Å². The lowest BCUT2D eigenvalue weighted by molar-refractivity contribution is -0.144. The number of benzene rings is 2. The normalized spacial score (nSPS) is 11.9. The summed E-state index contributed by atoms with van der Waals surface area (Å²) in [7, 11) is 0. The van der Waals surface area contributed by atoms with Crippen molar-refractivity contribution in [2.45, 2.75) is 25.8 Å². The van der Waals surface area contributed by atoms with Crippen LogP contribution in [0.5, 0.6) is 23.0 Å². The van der Waals surface area contributed by atoms with Crippen LogP contribution in [0.2, 0.25) is 0 Å². The van der Waals surface area contributed by atoms with Crippen LogP contribution in [0, 0.1) is 0 Å². The average Bonchev–Trinajstić information content (AvgIpc) is 2.69. The molecule has 8 heteroatoms. The quantitative estimate of drug-likeness (QED) is 0.260. The largest absolute Gasteiger partial charge is 0.504 e. The summed E-state index contributed by atoms with van der Waals surface area (Å²) < 4.78 is 5.12. The molecule has 0 saturated carbocycles. The standard InChI is InChI=1S/C21H23NO7/c1-2-21(28)29-12-15(9-14-4-7-17(24)19(26)11-14)22-20(27)8-5-13-3-6-16(23)18(25)10-13/h3-8,10-11,15,23-26H,2,9,12H2,1H3,(H,22,27)/b8-5+. The van der Waals surface area contributed by atoms with Gasteiger partial charge in [0.25, 0.3) is 0 Å². The van der Waals surface area contributed by atoms with Crippen LogP contribution in [0.4, 0.5) is 0 Å². The Labute approximate surface area is 167 Å². The van der Waals surface area contributed by atoms with Gasteiger partial charge < -0.3 is 30.5 Å². The Bertz CT molecular complexity index is 908. The minimum absolute atomic E-state index is 0.0616. The van der Waals surface area contributed by atoms with E-state index in [0.717, 1.165) is 0 Å². The molecule has 0 bridgehead atoms. The molecule has 1 atom stereocenters. The Morgan fingerprint density at radius 1 is 1.00 bits per heavy atom. The van der Waals surface area contributed by atoms with Crippen LogP contribution >= 0.6 is 0 Å². The molecule has 0 heterocycles. The molecule has 0 saturated heterocycles. The molecule has 8 nitrogen and oxygen atoms in total. The highest BCUT2D eigenvalue weighted by atomic mass is 16.5. The van der Waals surface area contributed by atoms with Crippen molar-refractivity contribution < 1.29 is 34.8 Å². The minimum Gasteiger partial charge on any atom is -0.504 e. The molecular weight excluding hydrogens is 378 g/mol. The molecule has 2 aromatic carbocycles. The Morgan fingerprint density at radius 3 is 2.28 bits per heavy atom. The lowest BCUT2D eigenvalue weighted by Gasteiger charge is -2.18. The first-order chi connectivity index (χ1) is 13.8. The van der Waals surface area contributed by atoms with Gasteiger partial charge in [0.15, 0.2) is 23.0 Å². The van der Waals surface area contributed by atoms with Gasteiger partial charge in [0.05, 0.1) is 6.04 Å². The molecule has 154 valence electrons. The maximum Gasteiger partial charge on any atom is 0.305 e. The number of phenolic OH excluding ortho intramolecular Hbond substituents is 4. The molecule has 2 rings (SSSR count). The maximum absolute atomic E-state index is 12.3. The van der Waals surface area contributed by atoms with Crippen LogP contribution in [0.1, 0.15) is 24.5 Å². The second-order valence-corrected chi connectivity index (χ2v) is 6.35. The van der Waals surface area contributed by atoms with Crippen molar-refractivity contribution in [1.82, 2.24) is 5.32 Å². The fourth-order valence-electron chi connectivity index (χ4n) is 2.49. The van der Waals surface area contributed by atoms with E-state index in [1.165, 1.54) is 42.5 Å². The molecule has 0 aliphatic carbocycles. The van der Waals surface area contributed by atoms with E-state index in [-0.39, 0.29) is 42.4 Å². The first kappa shape index (κ1) is 21.6. The number of hydrogen-bond acceptors (Lipinski definition) is 7. The summed E-state index contributed by atoms with van der Waals surface area (Å²) >= 11 is 0. The van der Waals surface area contributed by atoms with Crippen molar-refractivity contribution in [2.24, 2.45) is 0 Å². The molecule has 1 amide bonds. The van der Waals surface area contributed by atoms with Gasteiger partial charge in [-0.2, -0.15) is 0 Å². The van der Waals surface area contributed by atoms with Gasteiger partial charge in [-0.05, 0) is 47.9 Å². The van der Waals surface area contributed by atoms with Gasteiger partial charge in [0.1, 0.15) is 6.61 Å². The molecule has 0 spiro atoms. The van der Waals surface area contributed by atoms with E-state index in [1.54, 1.807) is 13.0 Å². The Hall–Kier alpha value is -3.68. The number of esters is 1. The molecule has 1 unspecified atom stereocenters. The zero-order chi connectivity index (χ0) is 21.4. The van der Waals surface area contributed by atoms with Crippen molar-refractivity contribution in [3.63, 3.8) is 0 Å². The smallest absolute Gasteiger partial charge is 0.305 e. The fraction of sp³-hybridized carbons (Fsp3) is 0.238. The third-order valence-corrected chi connectivity index (χ3v) is 4.03. The summed E-state index contributed by atoms with van der Waals surface area (Å²) in [5.41, 5.74) is 1.14. The number of nitrogens with one attached hydrogen (secondary N) is 1. The Morgan fingerprint density at radius 2 is 1.66 bits per heavy atom. The third-order valence-electron chi connectivity index (χ3n) is 4.03. The highest BCUT2D eigenvalue weighted by molar-refractivity contribution is 5.92. The number of amides is 1. The SMILES string of the molecule is CCC(=O)OCC(Cc1ccc(O)c(O)c1)NC(=O)/C=C/c1ccc(O)c(O)c1. The number of carbonyl (C=O) groups excluding carboxylic acids is 2. The molecule has 5 N–H and O–H groups in total. The summed E-state index contributed by atoms with van der Waals surface area (Å²) in [4.78, 5) is 23.7. The molecule has 0 aromatic heterocycles. The molecule has 0 radical (unpaired) electrons. The second kappa shape index (κ2) is 10.0. The number of phenols is 4. The number of ether oxygens (including phenoxy) is 1. The van der Waals surface area contributed by atoms with Crippen LogP contribution < -0.4 is 5.32 Å². The predicted molar refractivity (Wildman–Crippen MR) is 105 cm³/mol. The average molecular weight is 401 g/mol. The molecule has 0 aliphatic heterocycles. The van der Waals surface area contributed by atoms with Crippen molar-refractivity contribution in [1.29, 1.82) is 0 Å². The van der Waals surface area contributed by atoms with Crippen LogP contribution in [0.25, 0.3) is 6.08 Å². The summed E-state index contributed by atoms with van der Waals surface area (Å²) in [6.45, 7) is 1.59. The van der Waals surface area contributed by atoms with E-state index in [9.17, 15) is 30.0 Å². The molecule has 29 heavy (non-hydrogen) atoms. The van der Waals surface area contributed by atoms with Crippen LogP contribution in [0.3, 0.4) is 0 Å². The van der Waals surface area contributed by atoms with Gasteiger partial charge in [-0.3, -0.25) is 9.59 Å². The van der Waals surface area contributed by atoms with Crippen LogP contribution in [-0.4, -0.2) is 45.0 Å². The zero-order valence-electron chi connectivity index (χ0n) is 15.8. The second-order valence-electron chi connectivity index (χ2n) is 6.35. The zero-order valence-corrected chi connectivity index (χ0v) is 15.8. The lowest BCUT2D eigenvalue weighted by atomic mass is 10.1. The maximum atomic E-state index is 12.3. The topological polar surface area (TPSA) is 136 Å². The Balaban J connectivity index is 2.07. The predicted octanol–water partition coefficient (Wildman–Crippen LogP) is 2.20. The van der Waals surface area contributed by atoms with E-state index in [1.807, 2.05) is 0 Å². The third kappa shape index (κ3) is 6.76. The van der Waals surface area contributed by atoms with E-state index in [2.05, 4.69) is 5.32 Å². The van der Waals surface area contributed by atoms with E-state index in [4.69, 9.17) is 4.74 Å². The highest BCUT2D eigenvalue weighted by Gasteiger charge is 2.15. The van der Waals surface area contributed by atoms with Gasteiger partial charge in [0.2, 0.25) is 5.91 Å². The van der Waals surface area contributed by atoms with Crippen LogP contribution in [0.15, 0.2) is 42.5 Å². The van der Waals surface area contributed by atoms with E-state index < -0.39 is 17.9 Å². The fourth-order valence-corrected chi connectivity index (χ4v) is 2.49. The first-order valence-electron chi connectivity index (χ1n) is 8.95. The van der Waals surface area contributed by atoms with Crippen molar-refractivity contribution in [3.05, 3.63) is 53.6 Å². The number of carbonyl (C=O) groups is 2. The van der Waals surface area contributed by atoms with Gasteiger partial charge in [-0.15, -0.1) is 0 Å². The van der Waals surface area contributed by atoms with Gasteiger partial charge in [-0.25, -0.2) is 0 Å². The Kier molecular flexibility index (Phi) is 7.47. The van der Waals surface area contributed by atoms with Crippen molar-refractivity contribution >= 4 is 18.0 Å². The molecule has 0 aliphatic rings. The van der Waals surface area contributed by atoms with Gasteiger partial charge >= 0.3 is 5.97 Å². The van der Waals surface area contributed by atoms with Crippen LogP contribution in [-0.2, 0) is 20.7 Å². The molecule has 2 aromatic rings. The monoisotopic (exact) mass is 401 g/mol. The van der Waals surface area contributed by atoms with E-state index in [0.29, 0.717) is 11.1 Å². The lowest BCUT2D eigenvalue weighted by Crippen LogP contribution is -2.39. The summed E-state index contributed by atoms with van der Waals surface area (Å²) in [6, 6.07) is 7.85. The number of rotatable bonds is 8. The van der Waals surface area contributed by atoms with Crippen molar-refractivity contribution in [3.8, 4) is 23.0 Å². The van der Waals surface area contributed by atoms with Crippen molar-refractivity contribution in [2.75, 3.05) is 6.61 Å². The summed E-state index contributed by atoms with van der Waals surface area (Å²) in [5.74, 6) is -1.98. The number of aromatic hydroxyl groups is 4.